The summed E-state index contributed by atoms with van der Waals surface area (Å²) in [5.74, 6) is -0.00190. The Labute approximate surface area is 188 Å². The van der Waals surface area contributed by atoms with Crippen LogP contribution in [0.3, 0.4) is 0 Å². The highest BCUT2D eigenvalue weighted by molar-refractivity contribution is 5.94. The summed E-state index contributed by atoms with van der Waals surface area (Å²) in [6.45, 7) is 0. The molecule has 4 heterocycles. The average Bonchev–Trinajstić information content (AvgIpc) is 3.07. The van der Waals surface area contributed by atoms with E-state index in [0.29, 0.717) is 24.3 Å². The van der Waals surface area contributed by atoms with E-state index >= 15 is 0 Å². The zero-order valence-corrected chi connectivity index (χ0v) is 17.8. The molecular weight excluding hydrogens is 435 g/mol. The van der Waals surface area contributed by atoms with Crippen LogP contribution in [0.1, 0.15) is 41.0 Å². The van der Waals surface area contributed by atoms with Crippen molar-refractivity contribution in [2.45, 2.75) is 37.5 Å². The molecule has 172 valence electrons. The molecule has 2 aliphatic heterocycles. The maximum atomic E-state index is 13.0. The summed E-state index contributed by atoms with van der Waals surface area (Å²) < 4.78 is 38.4. The van der Waals surface area contributed by atoms with Crippen LogP contribution >= 0.6 is 0 Å². The van der Waals surface area contributed by atoms with Crippen LogP contribution in [0.5, 0.6) is 0 Å². The van der Waals surface area contributed by atoms with Crippen molar-refractivity contribution in [2.24, 2.45) is 10.7 Å². The summed E-state index contributed by atoms with van der Waals surface area (Å²) in [4.78, 5) is 31.2. The average molecular weight is 457 g/mol. The van der Waals surface area contributed by atoms with Gasteiger partial charge in [0.15, 0.2) is 0 Å². The van der Waals surface area contributed by atoms with Crippen molar-refractivity contribution in [1.29, 1.82) is 0 Å². The van der Waals surface area contributed by atoms with Gasteiger partial charge in [0, 0.05) is 37.9 Å². The van der Waals surface area contributed by atoms with Crippen LogP contribution < -0.4 is 11.1 Å². The summed E-state index contributed by atoms with van der Waals surface area (Å²) in [6, 6.07) is 3.56. The minimum absolute atomic E-state index is 0.00367. The molecule has 1 amide bonds. The lowest BCUT2D eigenvalue weighted by molar-refractivity contribution is -0.137. The predicted molar refractivity (Wildman–Crippen MR) is 117 cm³/mol. The van der Waals surface area contributed by atoms with E-state index in [1.165, 1.54) is 6.20 Å². The molecule has 4 rings (SSSR count). The summed E-state index contributed by atoms with van der Waals surface area (Å²) >= 11 is 0. The predicted octanol–water partition coefficient (Wildman–Crippen LogP) is 3.26. The molecule has 3 N–H and O–H groups in total. The fourth-order valence-electron chi connectivity index (χ4n) is 4.14. The van der Waals surface area contributed by atoms with Gasteiger partial charge in [-0.2, -0.15) is 13.2 Å². The molecule has 2 atom stereocenters. The first-order valence-electron chi connectivity index (χ1n) is 10.3. The number of hydrogen-bond donors (Lipinski definition) is 2. The Hall–Kier alpha value is -3.76. The maximum Gasteiger partial charge on any atom is 0.417 e. The summed E-state index contributed by atoms with van der Waals surface area (Å²) in [5.41, 5.74) is 6.96. The van der Waals surface area contributed by atoms with E-state index in [4.69, 9.17) is 5.73 Å². The van der Waals surface area contributed by atoms with Crippen molar-refractivity contribution >= 4 is 23.6 Å². The molecule has 33 heavy (non-hydrogen) atoms. The molecule has 0 spiro atoms. The van der Waals surface area contributed by atoms with Gasteiger partial charge in [-0.15, -0.1) is 0 Å². The van der Waals surface area contributed by atoms with Crippen LogP contribution in [0, 0.1) is 0 Å². The van der Waals surface area contributed by atoms with E-state index in [9.17, 15) is 18.0 Å². The molecule has 1 fully saturated rings. The third-order valence-corrected chi connectivity index (χ3v) is 5.63. The second-order valence-electron chi connectivity index (χ2n) is 7.74. The molecule has 2 unspecified atom stereocenters. The van der Waals surface area contributed by atoms with E-state index in [1.807, 2.05) is 6.08 Å². The number of alkyl halides is 3. The quantitative estimate of drug-likeness (QED) is 0.667. The van der Waals surface area contributed by atoms with Crippen LogP contribution in [0.2, 0.25) is 0 Å². The molecule has 2 aliphatic rings. The third-order valence-electron chi connectivity index (χ3n) is 5.63. The van der Waals surface area contributed by atoms with Gasteiger partial charge in [-0.3, -0.25) is 14.8 Å². The number of carbonyl (C=O) groups excluding carboxylic acids is 1. The third kappa shape index (κ3) is 4.71. The van der Waals surface area contributed by atoms with E-state index < -0.39 is 11.7 Å². The SMILES string of the molecule is CN=CC(=CN)Nc1nccc(C2=CC3CCC(C2)N3C(=O)c2ccc(C(F)(F)F)cn2)n1. The Kier molecular flexibility index (Phi) is 6.12. The van der Waals surface area contributed by atoms with E-state index in [0.717, 1.165) is 36.2 Å². The lowest BCUT2D eigenvalue weighted by Gasteiger charge is -2.33. The van der Waals surface area contributed by atoms with E-state index in [2.05, 4.69) is 25.3 Å². The molecular formula is C22H22F3N7O. The first-order valence-corrected chi connectivity index (χ1v) is 10.3. The topological polar surface area (TPSA) is 109 Å². The highest BCUT2D eigenvalue weighted by atomic mass is 19.4. The van der Waals surface area contributed by atoms with Crippen LogP contribution in [-0.2, 0) is 6.18 Å². The highest BCUT2D eigenvalue weighted by Gasteiger charge is 2.41. The second kappa shape index (κ2) is 9.00. The van der Waals surface area contributed by atoms with Gasteiger partial charge in [0.1, 0.15) is 5.69 Å². The molecule has 11 heteroatoms. The molecule has 0 saturated carbocycles. The Morgan fingerprint density at radius 2 is 2.09 bits per heavy atom. The van der Waals surface area contributed by atoms with Gasteiger partial charge in [0.25, 0.3) is 5.91 Å². The number of halogens is 3. The van der Waals surface area contributed by atoms with Crippen molar-refractivity contribution < 1.29 is 18.0 Å². The monoisotopic (exact) mass is 457 g/mol. The van der Waals surface area contributed by atoms with Gasteiger partial charge in [0.05, 0.1) is 23.0 Å². The van der Waals surface area contributed by atoms with Crippen molar-refractivity contribution in [1.82, 2.24) is 19.9 Å². The molecule has 2 bridgehead atoms. The number of nitrogens with two attached hydrogens (primary N) is 1. The number of aromatic nitrogens is 3. The zero-order chi connectivity index (χ0) is 23.6. The lowest BCUT2D eigenvalue weighted by Crippen LogP contribution is -2.43. The van der Waals surface area contributed by atoms with Gasteiger partial charge < -0.3 is 16.0 Å². The number of amides is 1. The maximum absolute atomic E-state index is 13.0. The number of carbonyl (C=O) groups is 1. The minimum Gasteiger partial charge on any atom is -0.403 e. The first kappa shape index (κ1) is 22.4. The number of allylic oxidation sites excluding steroid dienone is 1. The minimum atomic E-state index is -4.49. The summed E-state index contributed by atoms with van der Waals surface area (Å²) in [6.07, 6.45) is 4.88. The Bertz CT molecular complexity index is 1130. The lowest BCUT2D eigenvalue weighted by atomic mass is 9.98. The van der Waals surface area contributed by atoms with Crippen LogP contribution in [0.15, 0.2) is 53.6 Å². The Balaban J connectivity index is 1.53. The first-order chi connectivity index (χ1) is 15.8. The van der Waals surface area contributed by atoms with Gasteiger partial charge in [-0.05, 0) is 43.0 Å². The fourth-order valence-corrected chi connectivity index (χ4v) is 4.14. The van der Waals surface area contributed by atoms with Crippen LogP contribution in [0.25, 0.3) is 5.57 Å². The smallest absolute Gasteiger partial charge is 0.403 e. The number of fused-ring (bicyclic) bond motifs is 2. The number of hydrogen-bond acceptors (Lipinski definition) is 7. The summed E-state index contributed by atoms with van der Waals surface area (Å²) in [5, 5.41) is 3.00. The number of pyridine rings is 1. The fraction of sp³-hybridized carbons (Fsp3) is 0.318. The largest absolute Gasteiger partial charge is 0.417 e. The molecule has 0 aromatic carbocycles. The van der Waals surface area contributed by atoms with Crippen molar-refractivity contribution in [2.75, 3.05) is 12.4 Å². The van der Waals surface area contributed by atoms with Crippen molar-refractivity contribution in [3.8, 4) is 0 Å². The molecule has 2 aromatic heterocycles. The number of nitrogens with one attached hydrogen (secondary N) is 1. The van der Waals surface area contributed by atoms with Gasteiger partial charge in [0.2, 0.25) is 5.95 Å². The zero-order valence-electron chi connectivity index (χ0n) is 17.8. The standard InChI is InChI=1S/C22H22F3N7O/c1-27-12-15(10-26)30-21-28-7-6-18(31-21)13-8-16-3-4-17(9-13)32(16)20(33)19-5-2-14(11-29-19)22(23,24)25/h2,5-8,10-12,16-17H,3-4,9,26H2,1H3,(H,28,30,31). The second-order valence-corrected chi connectivity index (χ2v) is 7.74. The number of anilines is 1. The number of nitrogens with zero attached hydrogens (tertiary/aromatic N) is 5. The van der Waals surface area contributed by atoms with Crippen molar-refractivity contribution in [3.63, 3.8) is 0 Å². The van der Waals surface area contributed by atoms with Gasteiger partial charge in [-0.25, -0.2) is 9.97 Å². The van der Waals surface area contributed by atoms with Crippen molar-refractivity contribution in [3.05, 3.63) is 65.5 Å². The van der Waals surface area contributed by atoms with Crippen LogP contribution in [0.4, 0.5) is 19.1 Å². The number of rotatable bonds is 5. The Morgan fingerprint density at radius 3 is 2.73 bits per heavy atom. The molecule has 1 saturated heterocycles. The highest BCUT2D eigenvalue weighted by Crippen LogP contribution is 2.39. The van der Waals surface area contributed by atoms with E-state index in [-0.39, 0.29) is 23.7 Å². The number of aliphatic imine (C=N–C) groups is 1. The molecule has 0 aliphatic carbocycles. The molecule has 8 nitrogen and oxygen atoms in total. The van der Waals surface area contributed by atoms with Crippen LogP contribution in [-0.4, -0.2) is 51.1 Å². The normalized spacial score (nSPS) is 20.8. The van der Waals surface area contributed by atoms with Gasteiger partial charge >= 0.3 is 6.18 Å². The molecule has 0 radical (unpaired) electrons. The van der Waals surface area contributed by atoms with E-state index in [1.54, 1.807) is 30.4 Å². The summed E-state index contributed by atoms with van der Waals surface area (Å²) in [7, 11) is 1.62. The molecule has 2 aromatic rings. The van der Waals surface area contributed by atoms with Gasteiger partial charge in [-0.1, -0.05) is 6.08 Å². The Morgan fingerprint density at radius 1 is 1.27 bits per heavy atom.